The lowest BCUT2D eigenvalue weighted by molar-refractivity contribution is -0.0787. The van der Waals surface area contributed by atoms with Crippen LogP contribution in [0.3, 0.4) is 0 Å². The van der Waals surface area contributed by atoms with E-state index in [1.807, 2.05) is 30.5 Å². The van der Waals surface area contributed by atoms with Crippen molar-refractivity contribution in [1.82, 2.24) is 15.2 Å². The smallest absolute Gasteiger partial charge is 0.215 e. The molecule has 0 radical (unpaired) electrons. The molecule has 5 heteroatoms. The average molecular weight is 468 g/mol. The molecule has 4 aromatic rings. The molecule has 2 heterocycles. The molecule has 180 valence electrons. The SMILES string of the molecule is CC(O)C(Oc1cc2ccccc2cn1)N1CCCNCC1C(c1ccccc1)c1ccccc1. The van der Waals surface area contributed by atoms with E-state index in [9.17, 15) is 5.11 Å². The fourth-order valence-corrected chi connectivity index (χ4v) is 5.20. The van der Waals surface area contributed by atoms with Gasteiger partial charge in [-0.25, -0.2) is 4.98 Å². The van der Waals surface area contributed by atoms with E-state index >= 15 is 0 Å². The average Bonchev–Trinajstić information content (AvgIpc) is 3.14. The van der Waals surface area contributed by atoms with Gasteiger partial charge >= 0.3 is 0 Å². The van der Waals surface area contributed by atoms with E-state index in [0.29, 0.717) is 5.88 Å². The Morgan fingerprint density at radius 3 is 2.20 bits per heavy atom. The van der Waals surface area contributed by atoms with Crippen molar-refractivity contribution in [3.63, 3.8) is 0 Å². The lowest BCUT2D eigenvalue weighted by atomic mass is 9.84. The summed E-state index contributed by atoms with van der Waals surface area (Å²) in [6.07, 6.45) is 1.59. The number of aromatic nitrogens is 1. The monoisotopic (exact) mass is 467 g/mol. The Balaban J connectivity index is 1.53. The molecule has 0 aliphatic carbocycles. The molecule has 1 saturated heterocycles. The van der Waals surface area contributed by atoms with Crippen LogP contribution >= 0.6 is 0 Å². The summed E-state index contributed by atoms with van der Waals surface area (Å²) in [6.45, 7) is 4.36. The number of nitrogens with zero attached hydrogens (tertiary/aromatic N) is 2. The maximum absolute atomic E-state index is 11.0. The van der Waals surface area contributed by atoms with Crippen molar-refractivity contribution in [2.75, 3.05) is 19.6 Å². The molecule has 0 saturated carbocycles. The molecule has 5 nitrogen and oxygen atoms in total. The van der Waals surface area contributed by atoms with Gasteiger partial charge < -0.3 is 15.2 Å². The van der Waals surface area contributed by atoms with Gasteiger partial charge in [-0.15, -0.1) is 0 Å². The number of aliphatic hydroxyl groups is 1. The van der Waals surface area contributed by atoms with Gasteiger partial charge in [0.25, 0.3) is 0 Å². The highest BCUT2D eigenvalue weighted by molar-refractivity contribution is 5.82. The van der Waals surface area contributed by atoms with Crippen LogP contribution in [0.25, 0.3) is 10.8 Å². The summed E-state index contributed by atoms with van der Waals surface area (Å²) >= 11 is 0. The molecule has 1 aromatic heterocycles. The van der Waals surface area contributed by atoms with Gasteiger partial charge in [0.1, 0.15) is 6.10 Å². The van der Waals surface area contributed by atoms with Gasteiger partial charge in [0.05, 0.1) is 0 Å². The number of benzene rings is 3. The standard InChI is InChI=1S/C30H33N3O2/c1-22(34)30(35-28-19-25-15-8-9-16-26(25)20-32-28)33-18-10-17-31-21-27(33)29(23-11-4-2-5-12-23)24-13-6-3-7-14-24/h2-9,11-16,19-20,22,27,29-31,34H,10,17-18,21H2,1H3. The Morgan fingerprint density at radius 1 is 0.914 bits per heavy atom. The molecule has 1 aliphatic heterocycles. The molecule has 0 amide bonds. The molecular weight excluding hydrogens is 434 g/mol. The highest BCUT2D eigenvalue weighted by Crippen LogP contribution is 2.33. The van der Waals surface area contributed by atoms with Crippen molar-refractivity contribution in [3.05, 3.63) is 108 Å². The van der Waals surface area contributed by atoms with Crippen LogP contribution in [0.2, 0.25) is 0 Å². The number of pyridine rings is 1. The zero-order chi connectivity index (χ0) is 24.0. The lowest BCUT2D eigenvalue weighted by Gasteiger charge is -2.41. The molecule has 3 atom stereocenters. The fourth-order valence-electron chi connectivity index (χ4n) is 5.20. The predicted molar refractivity (Wildman–Crippen MR) is 141 cm³/mol. The van der Waals surface area contributed by atoms with Gasteiger partial charge in [-0.1, -0.05) is 84.9 Å². The van der Waals surface area contributed by atoms with Gasteiger partial charge in [0, 0.05) is 42.7 Å². The normalized spacial score (nSPS) is 18.8. The second-order valence-electron chi connectivity index (χ2n) is 9.28. The molecule has 35 heavy (non-hydrogen) atoms. The van der Waals surface area contributed by atoms with Crippen LogP contribution in [0.5, 0.6) is 5.88 Å². The quantitative estimate of drug-likeness (QED) is 0.408. The van der Waals surface area contributed by atoms with E-state index in [0.717, 1.165) is 36.8 Å². The summed E-state index contributed by atoms with van der Waals surface area (Å²) in [4.78, 5) is 6.90. The van der Waals surface area contributed by atoms with E-state index < -0.39 is 12.3 Å². The van der Waals surface area contributed by atoms with Gasteiger partial charge in [0.15, 0.2) is 6.23 Å². The molecule has 2 N–H and O–H groups in total. The Kier molecular flexibility index (Phi) is 7.38. The highest BCUT2D eigenvalue weighted by atomic mass is 16.5. The summed E-state index contributed by atoms with van der Waals surface area (Å²) in [5.74, 6) is 0.652. The minimum Gasteiger partial charge on any atom is -0.455 e. The van der Waals surface area contributed by atoms with E-state index in [2.05, 4.69) is 81.9 Å². The summed E-state index contributed by atoms with van der Waals surface area (Å²) in [6, 6.07) is 31.5. The van der Waals surface area contributed by atoms with Gasteiger partial charge in [0.2, 0.25) is 5.88 Å². The molecule has 5 rings (SSSR count). The fraction of sp³-hybridized carbons (Fsp3) is 0.300. The van der Waals surface area contributed by atoms with Crippen LogP contribution in [-0.4, -0.2) is 53.0 Å². The Bertz CT molecular complexity index is 1180. The van der Waals surface area contributed by atoms with Crippen molar-refractivity contribution in [2.24, 2.45) is 0 Å². The zero-order valence-electron chi connectivity index (χ0n) is 20.1. The van der Waals surface area contributed by atoms with Crippen molar-refractivity contribution in [3.8, 4) is 5.88 Å². The maximum Gasteiger partial charge on any atom is 0.215 e. The first kappa shape index (κ1) is 23.5. The van der Waals surface area contributed by atoms with Crippen LogP contribution in [0.4, 0.5) is 0 Å². The number of hydrogen-bond acceptors (Lipinski definition) is 5. The minimum atomic E-state index is -0.698. The first-order chi connectivity index (χ1) is 17.2. The third kappa shape index (κ3) is 5.38. The predicted octanol–water partition coefficient (Wildman–Crippen LogP) is 4.82. The second kappa shape index (κ2) is 11.0. The van der Waals surface area contributed by atoms with E-state index in [1.54, 1.807) is 6.92 Å². The van der Waals surface area contributed by atoms with Crippen LogP contribution in [0.15, 0.2) is 97.2 Å². The van der Waals surface area contributed by atoms with E-state index in [-0.39, 0.29) is 12.0 Å². The van der Waals surface area contributed by atoms with Crippen LogP contribution in [-0.2, 0) is 0 Å². The Hall–Kier alpha value is -3.25. The number of rotatable bonds is 7. The Morgan fingerprint density at radius 2 is 1.54 bits per heavy atom. The van der Waals surface area contributed by atoms with E-state index in [4.69, 9.17) is 4.74 Å². The molecular formula is C30H33N3O2. The van der Waals surface area contributed by atoms with Crippen molar-refractivity contribution >= 4 is 10.8 Å². The van der Waals surface area contributed by atoms with Crippen molar-refractivity contribution in [1.29, 1.82) is 0 Å². The largest absolute Gasteiger partial charge is 0.455 e. The second-order valence-corrected chi connectivity index (χ2v) is 9.28. The summed E-state index contributed by atoms with van der Waals surface area (Å²) in [5.41, 5.74) is 2.51. The first-order valence-electron chi connectivity index (χ1n) is 12.5. The van der Waals surface area contributed by atoms with Gasteiger partial charge in [-0.05, 0) is 36.4 Å². The molecule has 1 aliphatic rings. The number of aliphatic hydroxyl groups excluding tert-OH is 1. The summed E-state index contributed by atoms with van der Waals surface area (Å²) in [7, 11) is 0. The topological polar surface area (TPSA) is 57.6 Å². The molecule has 3 unspecified atom stereocenters. The highest BCUT2D eigenvalue weighted by Gasteiger charge is 2.38. The maximum atomic E-state index is 11.0. The van der Waals surface area contributed by atoms with Crippen LogP contribution < -0.4 is 10.1 Å². The molecule has 3 aromatic carbocycles. The third-order valence-electron chi connectivity index (χ3n) is 6.84. The minimum absolute atomic E-state index is 0.0855. The zero-order valence-corrected chi connectivity index (χ0v) is 20.1. The molecule has 0 spiro atoms. The lowest BCUT2D eigenvalue weighted by Crippen LogP contribution is -2.55. The number of nitrogens with one attached hydrogen (secondary N) is 1. The Labute approximate surface area is 207 Å². The van der Waals surface area contributed by atoms with Crippen molar-refractivity contribution < 1.29 is 9.84 Å². The van der Waals surface area contributed by atoms with Gasteiger partial charge in [-0.3, -0.25) is 4.90 Å². The number of ether oxygens (including phenoxy) is 1. The van der Waals surface area contributed by atoms with Gasteiger partial charge in [-0.2, -0.15) is 0 Å². The third-order valence-corrected chi connectivity index (χ3v) is 6.84. The van der Waals surface area contributed by atoms with Crippen LogP contribution in [0.1, 0.15) is 30.4 Å². The number of hydrogen-bond donors (Lipinski definition) is 2. The van der Waals surface area contributed by atoms with Crippen LogP contribution in [0, 0.1) is 0 Å². The summed E-state index contributed by atoms with van der Waals surface area (Å²) in [5, 5.41) is 16.7. The van der Waals surface area contributed by atoms with Crippen molar-refractivity contribution in [2.45, 2.75) is 37.6 Å². The molecule has 1 fully saturated rings. The summed E-state index contributed by atoms with van der Waals surface area (Å²) < 4.78 is 6.47. The molecule has 0 bridgehead atoms. The first-order valence-corrected chi connectivity index (χ1v) is 12.5. The van der Waals surface area contributed by atoms with E-state index in [1.165, 1.54) is 11.1 Å². The number of fused-ring (bicyclic) bond motifs is 1.